The molecule has 2 unspecified atom stereocenters. The number of hydrogen-bond donors (Lipinski definition) is 1. The summed E-state index contributed by atoms with van der Waals surface area (Å²) >= 11 is 0. The molecule has 1 heterocycles. The molecule has 21 heavy (non-hydrogen) atoms. The topological polar surface area (TPSA) is 97.1 Å². The van der Waals surface area contributed by atoms with E-state index in [1.165, 1.54) is 13.8 Å². The molecule has 1 saturated heterocycles. The molecule has 0 spiro atoms. The van der Waals surface area contributed by atoms with Crippen LogP contribution in [0.25, 0.3) is 0 Å². The van der Waals surface area contributed by atoms with E-state index in [2.05, 4.69) is 0 Å². The van der Waals surface area contributed by atoms with E-state index in [-0.39, 0.29) is 12.2 Å². The Morgan fingerprint density at radius 3 is 2.29 bits per heavy atom. The third-order valence-electron chi connectivity index (χ3n) is 4.06. The van der Waals surface area contributed by atoms with Gasteiger partial charge in [0.25, 0.3) is 0 Å². The molecule has 0 radical (unpaired) electrons. The SMILES string of the molecule is CC(=O)OC1O[C@H](C(ON)C2CCCC2)C[C@H]1OC(C)=O. The van der Waals surface area contributed by atoms with Crippen LogP contribution in [0.15, 0.2) is 0 Å². The first kappa shape index (κ1) is 16.2. The number of rotatable bonds is 5. The van der Waals surface area contributed by atoms with Gasteiger partial charge in [-0.2, -0.15) is 0 Å². The van der Waals surface area contributed by atoms with Gasteiger partial charge in [0, 0.05) is 20.3 Å². The second-order valence-electron chi connectivity index (χ2n) is 5.68. The van der Waals surface area contributed by atoms with E-state index in [1.807, 2.05) is 0 Å². The predicted octanol–water partition coefficient (Wildman–Crippen LogP) is 1.05. The summed E-state index contributed by atoms with van der Waals surface area (Å²) in [7, 11) is 0. The molecule has 0 aromatic heterocycles. The van der Waals surface area contributed by atoms with Crippen molar-refractivity contribution >= 4 is 11.9 Å². The van der Waals surface area contributed by atoms with E-state index in [0.29, 0.717) is 12.3 Å². The Hall–Kier alpha value is -1.18. The summed E-state index contributed by atoms with van der Waals surface area (Å²) in [6.45, 7) is 2.60. The highest BCUT2D eigenvalue weighted by molar-refractivity contribution is 5.67. The van der Waals surface area contributed by atoms with Gasteiger partial charge in [0.1, 0.15) is 6.10 Å². The van der Waals surface area contributed by atoms with Crippen molar-refractivity contribution < 1.29 is 28.6 Å². The second-order valence-corrected chi connectivity index (χ2v) is 5.68. The van der Waals surface area contributed by atoms with Gasteiger partial charge in [-0.1, -0.05) is 12.8 Å². The highest BCUT2D eigenvalue weighted by atomic mass is 16.7. The van der Waals surface area contributed by atoms with Gasteiger partial charge in [0.05, 0.1) is 6.10 Å². The summed E-state index contributed by atoms with van der Waals surface area (Å²) in [4.78, 5) is 27.4. The normalized spacial score (nSPS) is 31.1. The number of carbonyl (C=O) groups excluding carboxylic acids is 2. The van der Waals surface area contributed by atoms with Crippen molar-refractivity contribution in [1.82, 2.24) is 0 Å². The van der Waals surface area contributed by atoms with Crippen LogP contribution in [0.1, 0.15) is 46.0 Å². The van der Waals surface area contributed by atoms with Crippen LogP contribution in [-0.2, 0) is 28.6 Å². The van der Waals surface area contributed by atoms with Gasteiger partial charge in [0.15, 0.2) is 6.10 Å². The van der Waals surface area contributed by atoms with Gasteiger partial charge in [-0.25, -0.2) is 5.90 Å². The first-order valence-corrected chi connectivity index (χ1v) is 7.36. The van der Waals surface area contributed by atoms with Gasteiger partial charge >= 0.3 is 11.9 Å². The molecule has 2 fully saturated rings. The zero-order valence-electron chi connectivity index (χ0n) is 12.4. The summed E-state index contributed by atoms with van der Waals surface area (Å²) < 4.78 is 16.0. The Morgan fingerprint density at radius 1 is 1.14 bits per heavy atom. The van der Waals surface area contributed by atoms with E-state index in [9.17, 15) is 9.59 Å². The van der Waals surface area contributed by atoms with E-state index in [4.69, 9.17) is 24.9 Å². The van der Waals surface area contributed by atoms with E-state index < -0.39 is 24.3 Å². The van der Waals surface area contributed by atoms with Gasteiger partial charge < -0.3 is 14.2 Å². The van der Waals surface area contributed by atoms with Gasteiger partial charge in [-0.05, 0) is 18.8 Å². The maximum absolute atomic E-state index is 11.2. The van der Waals surface area contributed by atoms with Crippen LogP contribution in [-0.4, -0.2) is 36.5 Å². The van der Waals surface area contributed by atoms with Crippen LogP contribution in [0.5, 0.6) is 0 Å². The van der Waals surface area contributed by atoms with E-state index >= 15 is 0 Å². The lowest BCUT2D eigenvalue weighted by molar-refractivity contribution is -0.203. The first-order valence-electron chi connectivity index (χ1n) is 7.36. The largest absolute Gasteiger partial charge is 0.456 e. The number of hydrogen-bond acceptors (Lipinski definition) is 7. The fraction of sp³-hybridized carbons (Fsp3) is 0.857. The Balaban J connectivity index is 2.03. The number of carbonyl (C=O) groups is 2. The molecule has 1 aliphatic carbocycles. The van der Waals surface area contributed by atoms with Gasteiger partial charge in [-0.3, -0.25) is 14.4 Å². The van der Waals surface area contributed by atoms with Crippen molar-refractivity contribution in [3.05, 3.63) is 0 Å². The lowest BCUT2D eigenvalue weighted by Gasteiger charge is -2.26. The molecule has 0 bridgehead atoms. The molecule has 7 heteroatoms. The summed E-state index contributed by atoms with van der Waals surface area (Å²) in [6, 6.07) is 0. The van der Waals surface area contributed by atoms with Crippen LogP contribution < -0.4 is 5.90 Å². The summed E-state index contributed by atoms with van der Waals surface area (Å²) in [5.74, 6) is 4.84. The third-order valence-corrected chi connectivity index (χ3v) is 4.06. The van der Waals surface area contributed by atoms with Crippen LogP contribution >= 0.6 is 0 Å². The minimum absolute atomic E-state index is 0.272. The zero-order valence-corrected chi connectivity index (χ0v) is 12.4. The second kappa shape index (κ2) is 7.20. The highest BCUT2D eigenvalue weighted by Gasteiger charge is 2.46. The molecule has 2 rings (SSSR count). The molecule has 1 aliphatic heterocycles. The lowest BCUT2D eigenvalue weighted by Crippen LogP contribution is -2.37. The monoisotopic (exact) mass is 301 g/mol. The Bertz CT molecular complexity index is 358. The molecule has 7 nitrogen and oxygen atoms in total. The minimum atomic E-state index is -0.893. The van der Waals surface area contributed by atoms with Gasteiger partial charge in [0.2, 0.25) is 6.29 Å². The van der Waals surface area contributed by atoms with Crippen molar-refractivity contribution in [3.8, 4) is 0 Å². The van der Waals surface area contributed by atoms with Crippen LogP contribution in [0.3, 0.4) is 0 Å². The third kappa shape index (κ3) is 4.15. The standard InChI is InChI=1S/C14H23NO6/c1-8(16)18-12-7-11(20-14(12)19-9(2)17)13(21-15)10-5-3-4-6-10/h10-14H,3-7,15H2,1-2H3/t11-,12+,13?,14?/m0/s1. The molecule has 0 aromatic rings. The molecule has 1 saturated carbocycles. The molecule has 2 N–H and O–H groups in total. The first-order chi connectivity index (χ1) is 10.0. The molecule has 2 aliphatic rings. The lowest BCUT2D eigenvalue weighted by atomic mass is 9.94. The summed E-state index contributed by atoms with van der Waals surface area (Å²) in [6.07, 6.45) is 2.67. The highest BCUT2D eigenvalue weighted by Crippen LogP contribution is 2.36. The van der Waals surface area contributed by atoms with Crippen LogP contribution in [0.4, 0.5) is 0 Å². The quantitative estimate of drug-likeness (QED) is 0.598. The maximum atomic E-state index is 11.2. The Labute approximate surface area is 124 Å². The van der Waals surface area contributed by atoms with Gasteiger partial charge in [-0.15, -0.1) is 0 Å². The Kier molecular flexibility index (Phi) is 5.55. The smallest absolute Gasteiger partial charge is 0.305 e. The van der Waals surface area contributed by atoms with Crippen LogP contribution in [0, 0.1) is 5.92 Å². The molecule has 0 amide bonds. The number of ether oxygens (including phenoxy) is 3. The van der Waals surface area contributed by atoms with Crippen molar-refractivity contribution in [2.45, 2.75) is 70.6 Å². The molecular formula is C14H23NO6. The average molecular weight is 301 g/mol. The maximum Gasteiger partial charge on any atom is 0.305 e. The zero-order chi connectivity index (χ0) is 15.4. The van der Waals surface area contributed by atoms with Crippen molar-refractivity contribution in [3.63, 3.8) is 0 Å². The minimum Gasteiger partial charge on any atom is -0.456 e. The molecule has 0 aromatic carbocycles. The van der Waals surface area contributed by atoms with E-state index in [1.54, 1.807) is 0 Å². The summed E-state index contributed by atoms with van der Waals surface area (Å²) in [5.41, 5.74) is 0. The van der Waals surface area contributed by atoms with E-state index in [0.717, 1.165) is 25.7 Å². The molecule has 4 atom stereocenters. The van der Waals surface area contributed by atoms with Crippen molar-refractivity contribution in [1.29, 1.82) is 0 Å². The molecule has 120 valence electrons. The fourth-order valence-electron chi connectivity index (χ4n) is 3.24. The predicted molar refractivity (Wildman–Crippen MR) is 71.6 cm³/mol. The Morgan fingerprint density at radius 2 is 1.76 bits per heavy atom. The number of nitrogens with two attached hydrogens (primary N) is 1. The van der Waals surface area contributed by atoms with Crippen molar-refractivity contribution in [2.75, 3.05) is 0 Å². The molecular weight excluding hydrogens is 278 g/mol. The fourth-order valence-corrected chi connectivity index (χ4v) is 3.24. The number of esters is 2. The summed E-state index contributed by atoms with van der Waals surface area (Å²) in [5, 5.41) is 0. The average Bonchev–Trinajstić information content (AvgIpc) is 3.01. The van der Waals surface area contributed by atoms with Crippen molar-refractivity contribution in [2.24, 2.45) is 11.8 Å². The van der Waals surface area contributed by atoms with Crippen LogP contribution in [0.2, 0.25) is 0 Å².